The fourth-order valence-corrected chi connectivity index (χ4v) is 1.59. The molecule has 0 saturated heterocycles. The summed E-state index contributed by atoms with van der Waals surface area (Å²) in [5.41, 5.74) is -0.226. The molecule has 20 heavy (non-hydrogen) atoms. The summed E-state index contributed by atoms with van der Waals surface area (Å²) >= 11 is 0. The van der Waals surface area contributed by atoms with Gasteiger partial charge < -0.3 is 8.92 Å². The largest absolute Gasteiger partial charge is 0.444 e. The first kappa shape index (κ1) is 16.2. The Kier molecular flexibility index (Phi) is 4.93. The molecular formula is C12H18N2O5S. The number of nitrogens with zero attached hydrogens (tertiary/aromatic N) is 1. The van der Waals surface area contributed by atoms with Crippen LogP contribution in [0.3, 0.4) is 0 Å². The summed E-state index contributed by atoms with van der Waals surface area (Å²) in [5, 5.41) is 2.47. The van der Waals surface area contributed by atoms with Crippen LogP contribution >= 0.6 is 0 Å². The Morgan fingerprint density at radius 1 is 1.35 bits per heavy atom. The number of carbonyl (C=O) groups excluding carboxylic acids is 1. The quantitative estimate of drug-likeness (QED) is 0.856. The third-order valence-corrected chi connectivity index (χ3v) is 3.08. The van der Waals surface area contributed by atoms with Crippen molar-refractivity contribution in [2.24, 2.45) is 0 Å². The molecule has 0 aliphatic heterocycles. The van der Waals surface area contributed by atoms with Gasteiger partial charge in [-0.3, -0.25) is 5.32 Å². The van der Waals surface area contributed by atoms with Gasteiger partial charge in [-0.05, 0) is 33.8 Å². The van der Waals surface area contributed by atoms with Crippen molar-refractivity contribution in [1.82, 2.24) is 4.98 Å². The number of pyridine rings is 1. The molecule has 8 heteroatoms. The lowest BCUT2D eigenvalue weighted by molar-refractivity contribution is 0.0636. The summed E-state index contributed by atoms with van der Waals surface area (Å²) < 4.78 is 32.2. The van der Waals surface area contributed by atoms with Gasteiger partial charge in [-0.25, -0.2) is 9.78 Å². The molecule has 112 valence electrons. The predicted molar refractivity (Wildman–Crippen MR) is 74.2 cm³/mol. The summed E-state index contributed by atoms with van der Waals surface area (Å²) in [5.74, 6) is -0.200. The molecule has 1 aromatic heterocycles. The van der Waals surface area contributed by atoms with Crippen LogP contribution in [0.1, 0.15) is 27.7 Å². The van der Waals surface area contributed by atoms with E-state index in [1.807, 2.05) is 0 Å². The summed E-state index contributed by atoms with van der Waals surface area (Å²) in [4.78, 5) is 15.3. The van der Waals surface area contributed by atoms with Crippen LogP contribution in [0.2, 0.25) is 0 Å². The molecule has 0 aliphatic carbocycles. The molecule has 1 amide bonds. The van der Waals surface area contributed by atoms with Gasteiger partial charge in [-0.1, -0.05) is 0 Å². The van der Waals surface area contributed by atoms with Gasteiger partial charge in [0.25, 0.3) is 0 Å². The molecule has 0 unspecified atom stereocenters. The molecule has 0 saturated carbocycles. The van der Waals surface area contributed by atoms with E-state index < -0.39 is 21.8 Å². The number of aromatic nitrogens is 1. The molecule has 1 N–H and O–H groups in total. The van der Waals surface area contributed by atoms with E-state index in [0.29, 0.717) is 5.69 Å². The smallest absolute Gasteiger partial charge is 0.412 e. The standard InChI is InChI=1S/C12H18N2O5S/c1-5-20(16,17)19-10-7-6-9(8-13-10)14-11(15)18-12(2,3)4/h6-8H,5H2,1-4H3,(H,14,15). The number of hydrogen-bond acceptors (Lipinski definition) is 6. The maximum absolute atomic E-state index is 11.5. The molecule has 0 radical (unpaired) electrons. The number of amides is 1. The molecule has 1 aromatic rings. The lowest BCUT2D eigenvalue weighted by atomic mass is 10.2. The molecule has 0 atom stereocenters. The average Bonchev–Trinajstić information content (AvgIpc) is 2.29. The number of hydrogen-bond donors (Lipinski definition) is 1. The Morgan fingerprint density at radius 2 is 2.00 bits per heavy atom. The average molecular weight is 302 g/mol. The highest BCUT2D eigenvalue weighted by molar-refractivity contribution is 7.87. The van der Waals surface area contributed by atoms with Gasteiger partial charge in [0.05, 0.1) is 17.6 Å². The zero-order valence-corrected chi connectivity index (χ0v) is 12.7. The second-order valence-corrected chi connectivity index (χ2v) is 6.80. The highest BCUT2D eigenvalue weighted by atomic mass is 32.2. The van der Waals surface area contributed by atoms with Crippen molar-refractivity contribution in [3.63, 3.8) is 0 Å². The third kappa shape index (κ3) is 5.87. The Bertz CT molecular complexity index is 561. The Labute approximate surface area is 118 Å². The lowest BCUT2D eigenvalue weighted by Crippen LogP contribution is -2.27. The maximum atomic E-state index is 11.5. The SMILES string of the molecule is CCS(=O)(=O)Oc1ccc(NC(=O)OC(C)(C)C)cn1. The van der Waals surface area contributed by atoms with E-state index in [1.54, 1.807) is 20.8 Å². The molecule has 0 spiro atoms. The van der Waals surface area contributed by atoms with Crippen LogP contribution < -0.4 is 9.50 Å². The zero-order chi connectivity index (χ0) is 15.4. The first-order valence-electron chi connectivity index (χ1n) is 5.99. The summed E-state index contributed by atoms with van der Waals surface area (Å²) in [6.45, 7) is 6.71. The van der Waals surface area contributed by atoms with Crippen LogP contribution in [-0.4, -0.2) is 30.8 Å². The normalized spacial score (nSPS) is 11.8. The minimum Gasteiger partial charge on any atom is -0.444 e. The molecule has 0 aliphatic rings. The fourth-order valence-electron chi connectivity index (χ4n) is 1.11. The third-order valence-electron chi connectivity index (χ3n) is 1.95. The highest BCUT2D eigenvalue weighted by Crippen LogP contribution is 2.15. The summed E-state index contributed by atoms with van der Waals surface area (Å²) in [7, 11) is -3.61. The molecule has 0 bridgehead atoms. The Hall–Kier alpha value is -1.83. The highest BCUT2D eigenvalue weighted by Gasteiger charge is 2.16. The van der Waals surface area contributed by atoms with Crippen LogP contribution in [0, 0.1) is 0 Å². The topological polar surface area (TPSA) is 94.6 Å². The monoisotopic (exact) mass is 302 g/mol. The van der Waals surface area contributed by atoms with E-state index in [-0.39, 0.29) is 11.6 Å². The first-order chi connectivity index (χ1) is 9.11. The Morgan fingerprint density at radius 3 is 2.45 bits per heavy atom. The van der Waals surface area contributed by atoms with Gasteiger partial charge in [0.15, 0.2) is 0 Å². The van der Waals surface area contributed by atoms with Gasteiger partial charge in [0.2, 0.25) is 5.88 Å². The van der Waals surface area contributed by atoms with Crippen LogP contribution in [0.5, 0.6) is 5.88 Å². The van der Waals surface area contributed by atoms with Crippen molar-refractivity contribution in [3.05, 3.63) is 18.3 Å². The van der Waals surface area contributed by atoms with Crippen molar-refractivity contribution >= 4 is 21.9 Å². The molecule has 1 rings (SSSR count). The van der Waals surface area contributed by atoms with E-state index >= 15 is 0 Å². The Balaban J connectivity index is 2.66. The van der Waals surface area contributed by atoms with Gasteiger partial charge in [0, 0.05) is 6.07 Å². The van der Waals surface area contributed by atoms with Crippen molar-refractivity contribution in [2.75, 3.05) is 11.1 Å². The van der Waals surface area contributed by atoms with E-state index in [9.17, 15) is 13.2 Å². The molecule has 0 aromatic carbocycles. The second-order valence-electron chi connectivity index (χ2n) is 4.94. The van der Waals surface area contributed by atoms with Gasteiger partial charge in [0.1, 0.15) is 5.60 Å². The summed E-state index contributed by atoms with van der Waals surface area (Å²) in [6, 6.07) is 2.82. The molecule has 1 heterocycles. The number of anilines is 1. The van der Waals surface area contributed by atoms with Crippen LogP contribution in [0.15, 0.2) is 18.3 Å². The van der Waals surface area contributed by atoms with Crippen molar-refractivity contribution in [1.29, 1.82) is 0 Å². The van der Waals surface area contributed by atoms with E-state index in [0.717, 1.165) is 0 Å². The zero-order valence-electron chi connectivity index (χ0n) is 11.8. The van der Waals surface area contributed by atoms with Crippen molar-refractivity contribution in [3.8, 4) is 5.88 Å². The van der Waals surface area contributed by atoms with Gasteiger partial charge >= 0.3 is 16.2 Å². The number of nitrogens with one attached hydrogen (secondary N) is 1. The van der Waals surface area contributed by atoms with E-state index in [2.05, 4.69) is 10.3 Å². The number of rotatable bonds is 4. The van der Waals surface area contributed by atoms with Crippen LogP contribution in [0.25, 0.3) is 0 Å². The molecular weight excluding hydrogens is 284 g/mol. The minimum atomic E-state index is -3.61. The first-order valence-corrected chi connectivity index (χ1v) is 7.57. The lowest BCUT2D eigenvalue weighted by Gasteiger charge is -2.19. The van der Waals surface area contributed by atoms with E-state index in [4.69, 9.17) is 8.92 Å². The van der Waals surface area contributed by atoms with Crippen molar-refractivity contribution in [2.45, 2.75) is 33.3 Å². The van der Waals surface area contributed by atoms with Crippen LogP contribution in [0.4, 0.5) is 10.5 Å². The molecule has 7 nitrogen and oxygen atoms in total. The predicted octanol–water partition coefficient (Wildman–Crippen LogP) is 2.16. The van der Waals surface area contributed by atoms with E-state index in [1.165, 1.54) is 25.3 Å². The number of carbonyl (C=O) groups is 1. The maximum Gasteiger partial charge on any atom is 0.412 e. The van der Waals surface area contributed by atoms with Gasteiger partial charge in [-0.15, -0.1) is 0 Å². The minimum absolute atomic E-state index is 0.0541. The fraction of sp³-hybridized carbons (Fsp3) is 0.500. The number of ether oxygens (including phenoxy) is 1. The second kappa shape index (κ2) is 6.08. The van der Waals surface area contributed by atoms with Crippen molar-refractivity contribution < 1.29 is 22.1 Å². The van der Waals surface area contributed by atoms with Crippen LogP contribution in [-0.2, 0) is 14.9 Å². The molecule has 0 fully saturated rings. The summed E-state index contributed by atoms with van der Waals surface area (Å²) in [6.07, 6.45) is 0.666. The van der Waals surface area contributed by atoms with Gasteiger partial charge in [-0.2, -0.15) is 8.42 Å².